The monoisotopic (exact) mass is 408 g/mol. The maximum atomic E-state index is 9.75. The van der Waals surface area contributed by atoms with Crippen molar-refractivity contribution in [3.05, 3.63) is 54.0 Å². The van der Waals surface area contributed by atoms with Crippen LogP contribution in [0.1, 0.15) is 55.4 Å². The molecule has 0 aromatic heterocycles. The number of aliphatic carboxylic acids is 4. The molecule has 0 unspecified atom stereocenters. The van der Waals surface area contributed by atoms with Crippen molar-refractivity contribution in [2.24, 2.45) is 0 Å². The zero-order valence-electron chi connectivity index (χ0n) is 18.1. The van der Waals surface area contributed by atoms with Crippen LogP contribution in [0.3, 0.4) is 0 Å². The fraction of sp³-hybridized carbons (Fsp3) is 0.381. The number of carbonyl (C=O) groups is 4. The molecule has 0 saturated carbocycles. The Bertz CT molecular complexity index is 523. The van der Waals surface area contributed by atoms with E-state index in [0.717, 1.165) is 0 Å². The molecule has 0 aromatic carbocycles. The van der Waals surface area contributed by atoms with Gasteiger partial charge in [0.15, 0.2) is 0 Å². The first-order valence-electron chi connectivity index (χ1n) is 8.10. The molecule has 0 aromatic rings. The van der Waals surface area contributed by atoms with E-state index < -0.39 is 23.9 Å². The minimum atomic E-state index is -1.09. The number of hydrogen-bond acceptors (Lipinski definition) is 8. The topological polar surface area (TPSA) is 161 Å². The molecule has 0 amide bonds. The van der Waals surface area contributed by atoms with Crippen LogP contribution < -0.4 is 20.4 Å². The van der Waals surface area contributed by atoms with Crippen LogP contribution in [0.4, 0.5) is 0 Å². The summed E-state index contributed by atoms with van der Waals surface area (Å²) in [5.74, 6) is -4.38. The maximum Gasteiger partial charge on any atom is 4.00 e. The van der Waals surface area contributed by atoms with E-state index in [1.54, 1.807) is 27.7 Å². The van der Waals surface area contributed by atoms with Crippen LogP contribution in [0.5, 0.6) is 0 Å². The Labute approximate surface area is 173 Å². The Morgan fingerprint density at radius 2 is 0.552 bits per heavy atom. The van der Waals surface area contributed by atoms with Gasteiger partial charge in [-0.05, 0) is 77.7 Å². The summed E-state index contributed by atoms with van der Waals surface area (Å²) >= 11 is 0. The molecule has 0 aliphatic heterocycles. The molecule has 0 atom stereocenters. The zero-order chi connectivity index (χ0) is 23.4. The van der Waals surface area contributed by atoms with Crippen LogP contribution in [0.15, 0.2) is 46.6 Å². The number of carboxylic acids is 4. The average molecular weight is 408 g/mol. The molecule has 8 heteroatoms. The van der Waals surface area contributed by atoms with Crippen LogP contribution in [0, 0.1) is 7.43 Å². The zero-order valence-corrected chi connectivity index (χ0v) is 18.1. The van der Waals surface area contributed by atoms with Gasteiger partial charge in [0.25, 0.3) is 0 Å². The van der Waals surface area contributed by atoms with Crippen LogP contribution in [-0.4, -0.2) is 23.9 Å². The second-order valence-corrected chi connectivity index (χ2v) is 5.04. The fourth-order valence-electron chi connectivity index (χ4n) is 0.471. The van der Waals surface area contributed by atoms with E-state index >= 15 is 0 Å². The van der Waals surface area contributed by atoms with E-state index in [1.165, 1.54) is 52.0 Å². The van der Waals surface area contributed by atoms with E-state index in [-0.39, 0.29) is 29.7 Å². The Morgan fingerprint density at radius 1 is 0.448 bits per heavy atom. The summed E-state index contributed by atoms with van der Waals surface area (Å²) in [6.45, 7) is 12.6. The van der Waals surface area contributed by atoms with Gasteiger partial charge in [-0.15, -0.1) is 0 Å². The van der Waals surface area contributed by atoms with E-state index in [0.29, 0.717) is 0 Å². The van der Waals surface area contributed by atoms with Gasteiger partial charge in [-0.3, -0.25) is 0 Å². The third kappa shape index (κ3) is 29.8. The minimum absolute atomic E-state index is 0. The molecule has 0 N–H and O–H groups in total. The third-order valence-corrected chi connectivity index (χ3v) is 3.02. The molecule has 29 heavy (non-hydrogen) atoms. The van der Waals surface area contributed by atoms with Crippen molar-refractivity contribution in [1.82, 2.24) is 0 Å². The van der Waals surface area contributed by atoms with Gasteiger partial charge >= 0.3 is 7.43 Å². The Morgan fingerprint density at radius 3 is 0.552 bits per heavy atom. The minimum Gasteiger partial charge on any atom is -0.545 e. The number of hydrogen-bond donors (Lipinski definition) is 0. The van der Waals surface area contributed by atoms with Crippen molar-refractivity contribution in [3.8, 4) is 0 Å². The standard InChI is InChI=1S/4C5H8O2.C/c4*1-3-4(2)5(6)7;/h4*3H,1-2H3,(H,6,7);/q;;;;+4/p-4. The summed E-state index contributed by atoms with van der Waals surface area (Å²) in [6, 6.07) is 0. The Balaban J connectivity index is -0.0000000873. The fourth-order valence-corrected chi connectivity index (χ4v) is 0.471. The van der Waals surface area contributed by atoms with Crippen molar-refractivity contribution in [3.63, 3.8) is 0 Å². The molecule has 0 radical (unpaired) electrons. The molecular formula is C21H28O8. The van der Waals surface area contributed by atoms with Crippen molar-refractivity contribution in [1.29, 1.82) is 0 Å². The van der Waals surface area contributed by atoms with E-state index in [2.05, 4.69) is 0 Å². The summed E-state index contributed by atoms with van der Waals surface area (Å²) in [5.41, 5.74) is 1.11. The number of allylic oxidation sites excluding steroid dienone is 4. The van der Waals surface area contributed by atoms with E-state index in [1.807, 2.05) is 0 Å². The van der Waals surface area contributed by atoms with Gasteiger partial charge in [0, 0.05) is 0 Å². The number of rotatable bonds is 4. The average Bonchev–Trinajstić information content (AvgIpc) is 2.66. The van der Waals surface area contributed by atoms with Gasteiger partial charge in [0.05, 0.1) is 23.9 Å². The van der Waals surface area contributed by atoms with E-state index in [4.69, 9.17) is 0 Å². The number of carboxylic acid groups (broad SMARTS) is 4. The summed E-state index contributed by atoms with van der Waals surface area (Å²) in [4.78, 5) is 39.0. The van der Waals surface area contributed by atoms with Crippen LogP contribution in [0.2, 0.25) is 0 Å². The SMILES string of the molecule is CC=C(C)C(=O)[O-].CC=C(C)C(=O)[O-].CC=C(C)C(=O)[O-].CC=C(C)C(=O)[O-].[C+4]. The summed E-state index contributed by atoms with van der Waals surface area (Å²) in [6.07, 6.45) is 5.98. The van der Waals surface area contributed by atoms with E-state index in [9.17, 15) is 39.6 Å². The smallest absolute Gasteiger partial charge is 0.545 e. The van der Waals surface area contributed by atoms with Crippen molar-refractivity contribution in [2.45, 2.75) is 55.4 Å². The van der Waals surface area contributed by atoms with Crippen molar-refractivity contribution >= 4 is 23.9 Å². The molecule has 0 aliphatic carbocycles. The first-order valence-corrected chi connectivity index (χ1v) is 8.10. The molecule has 0 fully saturated rings. The van der Waals surface area contributed by atoms with Gasteiger partial charge in [-0.25, -0.2) is 0 Å². The Kier molecular flexibility index (Phi) is 29.0. The predicted octanol–water partition coefficient (Wildman–Crippen LogP) is -1.11. The maximum absolute atomic E-state index is 9.75. The van der Waals surface area contributed by atoms with Gasteiger partial charge in [-0.2, -0.15) is 0 Å². The first-order chi connectivity index (χ1) is 12.7. The van der Waals surface area contributed by atoms with Gasteiger partial charge < -0.3 is 39.6 Å². The van der Waals surface area contributed by atoms with Gasteiger partial charge in [-0.1, -0.05) is 24.3 Å². The summed E-state index contributed by atoms with van der Waals surface area (Å²) in [7, 11) is 0. The molecule has 0 heterocycles. The predicted molar refractivity (Wildman–Crippen MR) is 101 cm³/mol. The molecule has 0 saturated heterocycles. The quantitative estimate of drug-likeness (QED) is 0.529. The molecule has 8 nitrogen and oxygen atoms in total. The Hall–Kier alpha value is -3.16. The molecule has 160 valence electrons. The van der Waals surface area contributed by atoms with Gasteiger partial charge in [0.1, 0.15) is 0 Å². The second kappa shape index (κ2) is 22.9. The van der Waals surface area contributed by atoms with Crippen molar-refractivity contribution in [2.75, 3.05) is 0 Å². The molecule has 0 rings (SSSR count). The largest absolute Gasteiger partial charge is 4.00 e. The van der Waals surface area contributed by atoms with Crippen LogP contribution in [0.25, 0.3) is 0 Å². The van der Waals surface area contributed by atoms with Crippen molar-refractivity contribution < 1.29 is 39.6 Å². The molecule has 0 aliphatic rings. The van der Waals surface area contributed by atoms with Crippen LogP contribution in [-0.2, 0) is 19.2 Å². The summed E-state index contributed by atoms with van der Waals surface area (Å²) < 4.78 is 0. The third-order valence-electron chi connectivity index (χ3n) is 3.02. The first kappa shape index (κ1) is 36.7. The normalized spacial score (nSPS) is 11.0. The van der Waals surface area contributed by atoms with Gasteiger partial charge in [0.2, 0.25) is 0 Å². The molecule has 0 bridgehead atoms. The van der Waals surface area contributed by atoms with Crippen LogP contribution >= 0.6 is 0 Å². The summed E-state index contributed by atoms with van der Waals surface area (Å²) in [5, 5.41) is 39.0. The molecular weight excluding hydrogens is 380 g/mol. The number of carbonyl (C=O) groups excluding carboxylic acids is 4. The second-order valence-electron chi connectivity index (χ2n) is 5.04. The molecule has 0 spiro atoms.